The second-order valence-electron chi connectivity index (χ2n) is 6.74. The predicted molar refractivity (Wildman–Crippen MR) is 92.5 cm³/mol. The van der Waals surface area contributed by atoms with Gasteiger partial charge in [-0.05, 0) is 62.2 Å². The van der Waals surface area contributed by atoms with Crippen LogP contribution in [0.25, 0.3) is 0 Å². The van der Waals surface area contributed by atoms with Gasteiger partial charge in [0.25, 0.3) is 0 Å². The molecule has 2 heterocycles. The van der Waals surface area contributed by atoms with Crippen molar-refractivity contribution in [2.75, 3.05) is 26.2 Å². The quantitative estimate of drug-likeness (QED) is 0.928. The van der Waals surface area contributed by atoms with Crippen LogP contribution >= 0.6 is 12.4 Å². The van der Waals surface area contributed by atoms with Crippen molar-refractivity contribution in [2.24, 2.45) is 5.41 Å². The molecule has 2 aliphatic heterocycles. The Bertz CT molecular complexity index is 512. The van der Waals surface area contributed by atoms with E-state index >= 15 is 0 Å². The summed E-state index contributed by atoms with van der Waals surface area (Å²) in [5.74, 6) is 0.341. The van der Waals surface area contributed by atoms with Gasteiger partial charge in [-0.1, -0.05) is 24.3 Å². The van der Waals surface area contributed by atoms with Crippen molar-refractivity contribution in [3.05, 3.63) is 35.4 Å². The van der Waals surface area contributed by atoms with Gasteiger partial charge < -0.3 is 10.2 Å². The summed E-state index contributed by atoms with van der Waals surface area (Å²) in [4.78, 5) is 14.6. The largest absolute Gasteiger partial charge is 0.342 e. The van der Waals surface area contributed by atoms with Gasteiger partial charge in [0, 0.05) is 19.5 Å². The Morgan fingerprint density at radius 2 is 1.95 bits per heavy atom. The van der Waals surface area contributed by atoms with Crippen LogP contribution in [0.15, 0.2) is 24.3 Å². The smallest absolute Gasteiger partial charge is 0.222 e. The average Bonchev–Trinajstić information content (AvgIpc) is 2.90. The minimum absolute atomic E-state index is 0. The van der Waals surface area contributed by atoms with Crippen molar-refractivity contribution in [3.8, 4) is 0 Å². The van der Waals surface area contributed by atoms with E-state index in [1.807, 2.05) is 0 Å². The molecule has 1 aromatic rings. The molecule has 0 aliphatic carbocycles. The highest BCUT2D eigenvalue weighted by Gasteiger charge is 2.40. The standard InChI is InChI=1S/C18H26N2O.ClH/c1-15-4-2-3-5-16(15)6-7-17(21)20-13-10-18(14-20)8-11-19-12-9-18;/h2-5,19H,6-14H2,1H3;1H. The lowest BCUT2D eigenvalue weighted by molar-refractivity contribution is -0.130. The molecular weight excluding hydrogens is 296 g/mol. The number of likely N-dealkylation sites (tertiary alicyclic amines) is 1. The van der Waals surface area contributed by atoms with Crippen molar-refractivity contribution < 1.29 is 4.79 Å². The van der Waals surface area contributed by atoms with Gasteiger partial charge in [-0.2, -0.15) is 0 Å². The van der Waals surface area contributed by atoms with E-state index in [0.29, 0.717) is 17.7 Å². The van der Waals surface area contributed by atoms with Gasteiger partial charge in [0.1, 0.15) is 0 Å². The molecule has 0 saturated carbocycles. The molecule has 2 fully saturated rings. The molecule has 2 aliphatic rings. The van der Waals surface area contributed by atoms with Crippen LogP contribution in [0.3, 0.4) is 0 Å². The number of amides is 1. The molecule has 3 nitrogen and oxygen atoms in total. The number of nitrogens with one attached hydrogen (secondary N) is 1. The zero-order chi connectivity index (χ0) is 14.7. The van der Waals surface area contributed by atoms with Crippen LogP contribution in [0.5, 0.6) is 0 Å². The summed E-state index contributed by atoms with van der Waals surface area (Å²) in [5.41, 5.74) is 3.02. The molecule has 22 heavy (non-hydrogen) atoms. The number of nitrogens with zero attached hydrogens (tertiary/aromatic N) is 1. The summed E-state index contributed by atoms with van der Waals surface area (Å²) < 4.78 is 0. The summed E-state index contributed by atoms with van der Waals surface area (Å²) in [7, 11) is 0. The number of benzene rings is 1. The van der Waals surface area contributed by atoms with E-state index < -0.39 is 0 Å². The third-order valence-corrected chi connectivity index (χ3v) is 5.32. The number of hydrogen-bond donors (Lipinski definition) is 1. The van der Waals surface area contributed by atoms with E-state index in [9.17, 15) is 4.79 Å². The number of hydrogen-bond acceptors (Lipinski definition) is 2. The molecule has 0 aromatic heterocycles. The zero-order valence-corrected chi connectivity index (χ0v) is 14.3. The SMILES string of the molecule is Cc1ccccc1CCC(=O)N1CCC2(CCNCC2)C1.Cl. The molecule has 1 spiro atoms. The Hall–Kier alpha value is -1.06. The van der Waals surface area contributed by atoms with Gasteiger partial charge in [0.2, 0.25) is 5.91 Å². The van der Waals surface area contributed by atoms with Gasteiger partial charge in [-0.15, -0.1) is 12.4 Å². The van der Waals surface area contributed by atoms with Gasteiger partial charge in [-0.3, -0.25) is 4.79 Å². The molecule has 0 radical (unpaired) electrons. The third kappa shape index (κ3) is 3.82. The summed E-state index contributed by atoms with van der Waals surface area (Å²) >= 11 is 0. The Morgan fingerprint density at radius 3 is 2.68 bits per heavy atom. The molecule has 0 atom stereocenters. The number of aryl methyl sites for hydroxylation is 2. The van der Waals surface area contributed by atoms with Crippen LogP contribution in [0, 0.1) is 12.3 Å². The van der Waals surface area contributed by atoms with E-state index in [1.54, 1.807) is 0 Å². The number of halogens is 1. The lowest BCUT2D eigenvalue weighted by Crippen LogP contribution is -2.39. The lowest BCUT2D eigenvalue weighted by Gasteiger charge is -2.33. The highest BCUT2D eigenvalue weighted by molar-refractivity contribution is 5.85. The first-order valence-electron chi connectivity index (χ1n) is 8.22. The molecule has 0 bridgehead atoms. The Labute approximate surface area is 139 Å². The maximum Gasteiger partial charge on any atom is 0.222 e. The number of piperidine rings is 1. The van der Waals surface area contributed by atoms with Crippen LogP contribution in [0.4, 0.5) is 0 Å². The van der Waals surface area contributed by atoms with E-state index in [0.717, 1.165) is 32.6 Å². The van der Waals surface area contributed by atoms with Crippen molar-refractivity contribution in [2.45, 2.75) is 39.0 Å². The highest BCUT2D eigenvalue weighted by atomic mass is 35.5. The number of rotatable bonds is 3. The van der Waals surface area contributed by atoms with Crippen molar-refractivity contribution in [1.82, 2.24) is 10.2 Å². The average molecular weight is 323 g/mol. The molecule has 2 saturated heterocycles. The van der Waals surface area contributed by atoms with Crippen LogP contribution < -0.4 is 5.32 Å². The fourth-order valence-electron chi connectivity index (χ4n) is 3.80. The Kier molecular flexibility index (Phi) is 5.87. The maximum absolute atomic E-state index is 12.5. The van der Waals surface area contributed by atoms with Gasteiger partial charge >= 0.3 is 0 Å². The molecular formula is C18H27ClN2O. The summed E-state index contributed by atoms with van der Waals surface area (Å²) in [5, 5.41) is 3.43. The van der Waals surface area contributed by atoms with E-state index in [2.05, 4.69) is 41.4 Å². The van der Waals surface area contributed by atoms with E-state index in [-0.39, 0.29) is 12.4 Å². The predicted octanol–water partition coefficient (Wildman–Crippen LogP) is 2.95. The summed E-state index contributed by atoms with van der Waals surface area (Å²) in [6.07, 6.45) is 5.18. The fourth-order valence-corrected chi connectivity index (χ4v) is 3.80. The third-order valence-electron chi connectivity index (χ3n) is 5.32. The first-order valence-corrected chi connectivity index (χ1v) is 8.22. The Morgan fingerprint density at radius 1 is 1.23 bits per heavy atom. The molecule has 1 N–H and O–H groups in total. The second kappa shape index (κ2) is 7.47. The van der Waals surface area contributed by atoms with E-state index in [4.69, 9.17) is 0 Å². The number of carbonyl (C=O) groups excluding carboxylic acids is 1. The van der Waals surface area contributed by atoms with Crippen molar-refractivity contribution >= 4 is 18.3 Å². The number of carbonyl (C=O) groups is 1. The highest BCUT2D eigenvalue weighted by Crippen LogP contribution is 2.38. The molecule has 0 unspecified atom stereocenters. The molecule has 1 amide bonds. The van der Waals surface area contributed by atoms with Gasteiger partial charge in [0.05, 0.1) is 0 Å². The Balaban J connectivity index is 0.00000176. The maximum atomic E-state index is 12.5. The minimum atomic E-state index is 0. The van der Waals surface area contributed by atoms with Crippen molar-refractivity contribution in [3.63, 3.8) is 0 Å². The summed E-state index contributed by atoms with van der Waals surface area (Å²) in [6, 6.07) is 8.38. The molecule has 122 valence electrons. The molecule has 3 rings (SSSR count). The zero-order valence-electron chi connectivity index (χ0n) is 13.4. The van der Waals surface area contributed by atoms with Crippen LogP contribution in [-0.2, 0) is 11.2 Å². The normalized spacial score (nSPS) is 20.0. The topological polar surface area (TPSA) is 32.3 Å². The molecule has 1 aromatic carbocycles. The second-order valence-corrected chi connectivity index (χ2v) is 6.74. The van der Waals surface area contributed by atoms with E-state index in [1.165, 1.54) is 30.4 Å². The van der Waals surface area contributed by atoms with Gasteiger partial charge in [-0.25, -0.2) is 0 Å². The summed E-state index contributed by atoms with van der Waals surface area (Å²) in [6.45, 7) is 6.31. The van der Waals surface area contributed by atoms with Crippen LogP contribution in [0.2, 0.25) is 0 Å². The van der Waals surface area contributed by atoms with Gasteiger partial charge in [0.15, 0.2) is 0 Å². The first-order chi connectivity index (χ1) is 10.2. The fraction of sp³-hybridized carbons (Fsp3) is 0.611. The first kappa shape index (κ1) is 17.3. The van der Waals surface area contributed by atoms with Crippen LogP contribution in [-0.4, -0.2) is 37.0 Å². The molecule has 4 heteroatoms. The lowest BCUT2D eigenvalue weighted by atomic mass is 9.78. The van der Waals surface area contributed by atoms with Crippen molar-refractivity contribution in [1.29, 1.82) is 0 Å². The van der Waals surface area contributed by atoms with Crippen LogP contribution in [0.1, 0.15) is 36.8 Å². The monoisotopic (exact) mass is 322 g/mol. The minimum Gasteiger partial charge on any atom is -0.342 e.